The summed E-state index contributed by atoms with van der Waals surface area (Å²) in [5, 5.41) is 8.97. The summed E-state index contributed by atoms with van der Waals surface area (Å²) in [5.74, 6) is -0.632. The summed E-state index contributed by atoms with van der Waals surface area (Å²) >= 11 is 0. The Labute approximate surface area is 125 Å². The van der Waals surface area contributed by atoms with Gasteiger partial charge in [0.1, 0.15) is 0 Å². The van der Waals surface area contributed by atoms with Crippen LogP contribution in [0.15, 0.2) is 18.2 Å². The van der Waals surface area contributed by atoms with Crippen LogP contribution in [0.2, 0.25) is 0 Å². The smallest absolute Gasteiger partial charge is 0.335 e. The fourth-order valence-corrected chi connectivity index (χ4v) is 4.38. The maximum absolute atomic E-state index is 12.2. The van der Waals surface area contributed by atoms with Gasteiger partial charge in [0, 0.05) is 5.69 Å². The minimum absolute atomic E-state index is 0.146. The van der Waals surface area contributed by atoms with Gasteiger partial charge in [0.2, 0.25) is 10.0 Å². The Bertz CT molecular complexity index is 619. The third kappa shape index (κ3) is 4.46. The topological polar surface area (TPSA) is 83.5 Å². The first-order valence-electron chi connectivity index (χ1n) is 7.22. The van der Waals surface area contributed by atoms with E-state index in [1.54, 1.807) is 13.0 Å². The average molecular weight is 311 g/mol. The van der Waals surface area contributed by atoms with Gasteiger partial charge in [-0.25, -0.2) is 13.2 Å². The monoisotopic (exact) mass is 311 g/mol. The largest absolute Gasteiger partial charge is 0.478 e. The first kappa shape index (κ1) is 15.8. The van der Waals surface area contributed by atoms with Gasteiger partial charge in [-0.1, -0.05) is 19.3 Å². The number of carboxylic acids is 1. The number of rotatable bonds is 5. The Balaban J connectivity index is 2.05. The van der Waals surface area contributed by atoms with Crippen LogP contribution in [0, 0.1) is 12.8 Å². The van der Waals surface area contributed by atoms with E-state index in [0.29, 0.717) is 11.3 Å². The van der Waals surface area contributed by atoms with Crippen LogP contribution in [-0.4, -0.2) is 25.2 Å². The standard InChI is InChI=1S/C15H21NO4S/c1-11-9-13(7-8-14(11)15(17)18)16-21(19,20)10-12-5-3-2-4-6-12/h7-9,12,16H,2-6,10H2,1H3,(H,17,18). The molecule has 0 spiro atoms. The normalized spacial score (nSPS) is 16.6. The van der Waals surface area contributed by atoms with Crippen LogP contribution in [0.1, 0.15) is 48.0 Å². The lowest BCUT2D eigenvalue weighted by Crippen LogP contribution is -2.24. The van der Waals surface area contributed by atoms with Crippen molar-refractivity contribution in [1.82, 2.24) is 0 Å². The molecule has 1 saturated carbocycles. The Morgan fingerprint density at radius 2 is 1.95 bits per heavy atom. The first-order chi connectivity index (χ1) is 9.87. The average Bonchev–Trinajstić information content (AvgIpc) is 2.38. The molecule has 6 heteroatoms. The second kappa shape index (κ2) is 6.47. The number of anilines is 1. The predicted molar refractivity (Wildman–Crippen MR) is 82.1 cm³/mol. The molecule has 0 bridgehead atoms. The maximum atomic E-state index is 12.2. The van der Waals surface area contributed by atoms with Crippen molar-refractivity contribution >= 4 is 21.7 Å². The zero-order valence-electron chi connectivity index (χ0n) is 12.1. The van der Waals surface area contributed by atoms with Gasteiger partial charge in [-0.15, -0.1) is 0 Å². The lowest BCUT2D eigenvalue weighted by Gasteiger charge is -2.21. The van der Waals surface area contributed by atoms with Gasteiger partial charge < -0.3 is 5.11 Å². The zero-order valence-corrected chi connectivity index (χ0v) is 12.9. The van der Waals surface area contributed by atoms with Gasteiger partial charge in [-0.05, 0) is 49.4 Å². The molecule has 0 unspecified atom stereocenters. The minimum atomic E-state index is -3.38. The van der Waals surface area contributed by atoms with Crippen LogP contribution >= 0.6 is 0 Å². The van der Waals surface area contributed by atoms with E-state index in [2.05, 4.69) is 4.72 Å². The van der Waals surface area contributed by atoms with Gasteiger partial charge in [0.15, 0.2) is 0 Å². The zero-order chi connectivity index (χ0) is 15.5. The summed E-state index contributed by atoms with van der Waals surface area (Å²) in [4.78, 5) is 10.9. The van der Waals surface area contributed by atoms with Crippen LogP contribution in [0.4, 0.5) is 5.69 Å². The fraction of sp³-hybridized carbons (Fsp3) is 0.533. The molecule has 1 aromatic rings. The number of benzene rings is 1. The van der Waals surface area contributed by atoms with Gasteiger partial charge in [0.05, 0.1) is 11.3 Å². The number of aromatic carboxylic acids is 1. The van der Waals surface area contributed by atoms with Crippen molar-refractivity contribution in [2.45, 2.75) is 39.0 Å². The lowest BCUT2D eigenvalue weighted by molar-refractivity contribution is 0.0696. The maximum Gasteiger partial charge on any atom is 0.335 e. The quantitative estimate of drug-likeness (QED) is 0.875. The third-order valence-corrected chi connectivity index (χ3v) is 5.37. The Hall–Kier alpha value is -1.56. The molecule has 2 N–H and O–H groups in total. The highest BCUT2D eigenvalue weighted by Gasteiger charge is 2.21. The molecule has 116 valence electrons. The van der Waals surface area contributed by atoms with Crippen molar-refractivity contribution in [1.29, 1.82) is 0 Å². The van der Waals surface area contributed by atoms with Crippen LogP contribution in [0.3, 0.4) is 0 Å². The second-order valence-corrected chi connectivity index (χ2v) is 7.49. The second-order valence-electron chi connectivity index (χ2n) is 5.72. The van der Waals surface area contributed by atoms with Gasteiger partial charge >= 0.3 is 5.97 Å². The first-order valence-corrected chi connectivity index (χ1v) is 8.87. The van der Waals surface area contributed by atoms with E-state index in [-0.39, 0.29) is 17.2 Å². The van der Waals surface area contributed by atoms with Crippen LogP contribution in [0.25, 0.3) is 0 Å². The number of hydrogen-bond acceptors (Lipinski definition) is 3. The van der Waals surface area contributed by atoms with Gasteiger partial charge in [0.25, 0.3) is 0 Å². The molecule has 0 atom stereocenters. The molecule has 1 fully saturated rings. The molecule has 1 aliphatic carbocycles. The van der Waals surface area contributed by atoms with E-state index in [9.17, 15) is 13.2 Å². The van der Waals surface area contributed by atoms with Gasteiger partial charge in [-0.2, -0.15) is 0 Å². The molecule has 5 nitrogen and oxygen atoms in total. The van der Waals surface area contributed by atoms with E-state index < -0.39 is 16.0 Å². The molecular formula is C15H21NO4S. The van der Waals surface area contributed by atoms with E-state index in [0.717, 1.165) is 25.7 Å². The van der Waals surface area contributed by atoms with Gasteiger partial charge in [-0.3, -0.25) is 4.72 Å². The van der Waals surface area contributed by atoms with Crippen molar-refractivity contribution in [2.75, 3.05) is 10.5 Å². The summed E-state index contributed by atoms with van der Waals surface area (Å²) < 4.78 is 26.9. The van der Waals surface area contributed by atoms with E-state index in [1.165, 1.54) is 18.6 Å². The Morgan fingerprint density at radius 1 is 1.29 bits per heavy atom. The van der Waals surface area contributed by atoms with Crippen LogP contribution < -0.4 is 4.72 Å². The molecule has 1 aromatic carbocycles. The molecule has 0 aliphatic heterocycles. The highest BCUT2D eigenvalue weighted by molar-refractivity contribution is 7.92. The van der Waals surface area contributed by atoms with Crippen molar-refractivity contribution < 1.29 is 18.3 Å². The highest BCUT2D eigenvalue weighted by atomic mass is 32.2. The Kier molecular flexibility index (Phi) is 4.88. The fourth-order valence-electron chi connectivity index (χ4n) is 2.85. The number of carboxylic acid groups (broad SMARTS) is 1. The summed E-state index contributed by atoms with van der Waals surface area (Å²) in [5.41, 5.74) is 1.15. The predicted octanol–water partition coefficient (Wildman–Crippen LogP) is 3.02. The van der Waals surface area contributed by atoms with Crippen LogP contribution in [-0.2, 0) is 10.0 Å². The van der Waals surface area contributed by atoms with E-state index in [4.69, 9.17) is 5.11 Å². The molecule has 2 rings (SSSR count). The molecule has 0 amide bonds. The third-order valence-electron chi connectivity index (χ3n) is 3.91. The summed E-state index contributed by atoms with van der Waals surface area (Å²) in [6.07, 6.45) is 5.34. The Morgan fingerprint density at radius 3 is 2.52 bits per heavy atom. The number of sulfonamides is 1. The molecule has 21 heavy (non-hydrogen) atoms. The highest BCUT2D eigenvalue weighted by Crippen LogP contribution is 2.25. The molecule has 1 aliphatic rings. The molecule has 0 saturated heterocycles. The number of carbonyl (C=O) groups is 1. The van der Waals surface area contributed by atoms with E-state index in [1.807, 2.05) is 0 Å². The number of nitrogens with one attached hydrogen (secondary N) is 1. The van der Waals surface area contributed by atoms with Crippen molar-refractivity contribution in [3.63, 3.8) is 0 Å². The van der Waals surface area contributed by atoms with Crippen molar-refractivity contribution in [3.8, 4) is 0 Å². The summed E-state index contributed by atoms with van der Waals surface area (Å²) in [6, 6.07) is 4.48. The van der Waals surface area contributed by atoms with Crippen molar-refractivity contribution in [2.24, 2.45) is 5.92 Å². The number of aryl methyl sites for hydroxylation is 1. The minimum Gasteiger partial charge on any atom is -0.478 e. The van der Waals surface area contributed by atoms with Crippen LogP contribution in [0.5, 0.6) is 0 Å². The lowest BCUT2D eigenvalue weighted by atomic mass is 9.91. The molecular weight excluding hydrogens is 290 g/mol. The summed E-state index contributed by atoms with van der Waals surface area (Å²) in [7, 11) is -3.38. The van der Waals surface area contributed by atoms with E-state index >= 15 is 0 Å². The molecule has 0 aromatic heterocycles. The molecule has 0 heterocycles. The number of hydrogen-bond donors (Lipinski definition) is 2. The summed E-state index contributed by atoms with van der Waals surface area (Å²) in [6.45, 7) is 1.66. The van der Waals surface area contributed by atoms with Crippen molar-refractivity contribution in [3.05, 3.63) is 29.3 Å². The SMILES string of the molecule is Cc1cc(NS(=O)(=O)CC2CCCCC2)ccc1C(=O)O. The molecule has 0 radical (unpaired) electrons.